The highest BCUT2D eigenvalue weighted by atomic mass is 79.9. The fraction of sp³-hybridized carbons (Fsp3) is 0.455. The number of ketones is 1. The van der Waals surface area contributed by atoms with Gasteiger partial charge in [0.1, 0.15) is 0 Å². The number of hydrogen-bond acceptors (Lipinski definition) is 3. The molecule has 1 aromatic heterocycles. The molecule has 0 radical (unpaired) electrons. The Morgan fingerprint density at radius 3 is 2.35 bits per heavy atom. The molecule has 94 valence electrons. The topological polar surface area (TPSA) is 46.2 Å². The second kappa shape index (κ2) is 5.63. The van der Waals surface area contributed by atoms with Crippen LogP contribution >= 0.6 is 43.2 Å². The van der Waals surface area contributed by atoms with Crippen LogP contribution in [0.5, 0.6) is 0 Å². The molecule has 0 aliphatic heterocycles. The number of thiophene rings is 1. The van der Waals surface area contributed by atoms with Crippen LogP contribution in [0.15, 0.2) is 14.3 Å². The predicted octanol–water partition coefficient (Wildman–Crippen LogP) is 3.62. The van der Waals surface area contributed by atoms with Gasteiger partial charge in [0.25, 0.3) is 5.91 Å². The van der Waals surface area contributed by atoms with Gasteiger partial charge in [-0.05, 0) is 37.9 Å². The Morgan fingerprint density at radius 1 is 1.35 bits per heavy atom. The van der Waals surface area contributed by atoms with Crippen LogP contribution in [0.1, 0.15) is 30.4 Å². The molecule has 0 fully saturated rings. The number of rotatable bonds is 3. The molecule has 1 N–H and O–H groups in total. The van der Waals surface area contributed by atoms with E-state index in [0.717, 1.165) is 8.26 Å². The molecule has 17 heavy (non-hydrogen) atoms. The van der Waals surface area contributed by atoms with Gasteiger partial charge in [-0.15, -0.1) is 11.3 Å². The summed E-state index contributed by atoms with van der Waals surface area (Å²) in [5, 5.41) is 2.63. The van der Waals surface area contributed by atoms with E-state index < -0.39 is 5.41 Å². The average Bonchev–Trinajstić information content (AvgIpc) is 2.54. The molecule has 1 heterocycles. The van der Waals surface area contributed by atoms with Crippen molar-refractivity contribution in [3.63, 3.8) is 0 Å². The number of carbonyl (C=O) groups is 2. The molecule has 0 aliphatic rings. The van der Waals surface area contributed by atoms with Gasteiger partial charge >= 0.3 is 0 Å². The summed E-state index contributed by atoms with van der Waals surface area (Å²) in [4.78, 5) is 24.0. The van der Waals surface area contributed by atoms with Gasteiger partial charge in [-0.2, -0.15) is 0 Å². The molecular formula is C11H13Br2NO2S. The summed E-state index contributed by atoms with van der Waals surface area (Å²) in [6.45, 7) is 5.56. The Bertz CT molecular complexity index is 429. The summed E-state index contributed by atoms with van der Waals surface area (Å²) < 4.78 is 1.71. The third-order valence-corrected chi connectivity index (χ3v) is 5.37. The minimum absolute atomic E-state index is 0.0144. The highest BCUT2D eigenvalue weighted by molar-refractivity contribution is 9.13. The van der Waals surface area contributed by atoms with E-state index in [1.165, 1.54) is 11.3 Å². The van der Waals surface area contributed by atoms with Gasteiger partial charge in [-0.3, -0.25) is 9.59 Å². The van der Waals surface area contributed by atoms with Gasteiger partial charge < -0.3 is 5.32 Å². The lowest BCUT2D eigenvalue weighted by Gasteiger charge is -2.16. The fourth-order valence-electron chi connectivity index (χ4n) is 0.971. The molecule has 0 saturated heterocycles. The summed E-state index contributed by atoms with van der Waals surface area (Å²) in [5.41, 5.74) is -0.427. The lowest BCUT2D eigenvalue weighted by atomic mass is 9.91. The third kappa shape index (κ3) is 4.19. The monoisotopic (exact) mass is 381 g/mol. The minimum atomic E-state index is -0.427. The Balaban J connectivity index is 2.60. The van der Waals surface area contributed by atoms with E-state index in [4.69, 9.17) is 0 Å². The van der Waals surface area contributed by atoms with E-state index >= 15 is 0 Å². The largest absolute Gasteiger partial charge is 0.344 e. The number of nitrogens with one attached hydrogen (secondary N) is 1. The summed E-state index contributed by atoms with van der Waals surface area (Å²) in [7, 11) is 0. The summed E-state index contributed by atoms with van der Waals surface area (Å²) in [6, 6.07) is 1.73. The van der Waals surface area contributed by atoms with Crippen LogP contribution in [-0.2, 0) is 4.79 Å². The Hall–Kier alpha value is -0.200. The van der Waals surface area contributed by atoms with E-state index in [1.54, 1.807) is 6.07 Å². The number of carbonyl (C=O) groups excluding carboxylic acids is 2. The maximum absolute atomic E-state index is 11.7. The molecule has 1 rings (SSSR count). The van der Waals surface area contributed by atoms with Crippen LogP contribution in [0.4, 0.5) is 0 Å². The lowest BCUT2D eigenvalue weighted by molar-refractivity contribution is -0.125. The van der Waals surface area contributed by atoms with Crippen molar-refractivity contribution in [1.29, 1.82) is 0 Å². The van der Waals surface area contributed by atoms with Crippen LogP contribution in [0.25, 0.3) is 0 Å². The molecule has 1 amide bonds. The van der Waals surface area contributed by atoms with Gasteiger partial charge in [-0.1, -0.05) is 20.8 Å². The molecule has 0 aliphatic carbocycles. The van der Waals surface area contributed by atoms with Crippen LogP contribution in [0, 0.1) is 5.41 Å². The van der Waals surface area contributed by atoms with Gasteiger partial charge in [0.05, 0.1) is 15.2 Å². The number of hydrogen-bond donors (Lipinski definition) is 1. The zero-order chi connectivity index (χ0) is 13.2. The molecule has 1 aromatic rings. The maximum Gasteiger partial charge on any atom is 0.261 e. The standard InChI is InChI=1S/C11H13Br2NO2S/c1-11(2,3)8(15)5-14-10(16)7-4-6(12)9(13)17-7/h4H,5H2,1-3H3,(H,14,16). The molecule has 0 aromatic carbocycles. The van der Waals surface area contributed by atoms with Crippen molar-refractivity contribution < 1.29 is 9.59 Å². The van der Waals surface area contributed by atoms with Crippen molar-refractivity contribution in [3.8, 4) is 0 Å². The SMILES string of the molecule is CC(C)(C)C(=O)CNC(=O)c1cc(Br)c(Br)s1. The van der Waals surface area contributed by atoms with Crippen molar-refractivity contribution in [2.24, 2.45) is 5.41 Å². The molecule has 0 bridgehead atoms. The van der Waals surface area contributed by atoms with Crippen LogP contribution in [0.2, 0.25) is 0 Å². The highest BCUT2D eigenvalue weighted by Crippen LogP contribution is 2.32. The number of Topliss-reactive ketones (excluding diaryl/α,β-unsaturated/α-hetero) is 1. The molecule has 0 unspecified atom stereocenters. The maximum atomic E-state index is 11.7. The zero-order valence-electron chi connectivity index (χ0n) is 9.77. The van der Waals surface area contributed by atoms with Crippen molar-refractivity contribution >= 4 is 54.9 Å². The Labute approximate surface area is 121 Å². The van der Waals surface area contributed by atoms with E-state index in [2.05, 4.69) is 37.2 Å². The number of amides is 1. The third-order valence-electron chi connectivity index (χ3n) is 2.11. The highest BCUT2D eigenvalue weighted by Gasteiger charge is 2.22. The van der Waals surface area contributed by atoms with Crippen LogP contribution in [-0.4, -0.2) is 18.2 Å². The zero-order valence-corrected chi connectivity index (χ0v) is 13.8. The second-order valence-corrected chi connectivity index (χ2v) is 7.81. The van der Waals surface area contributed by atoms with E-state index in [9.17, 15) is 9.59 Å². The van der Waals surface area contributed by atoms with Gasteiger partial charge in [0.15, 0.2) is 5.78 Å². The van der Waals surface area contributed by atoms with E-state index in [0.29, 0.717) is 4.88 Å². The van der Waals surface area contributed by atoms with Gasteiger partial charge in [0.2, 0.25) is 0 Å². The van der Waals surface area contributed by atoms with Crippen molar-refractivity contribution in [2.45, 2.75) is 20.8 Å². The lowest BCUT2D eigenvalue weighted by Crippen LogP contribution is -2.35. The Morgan fingerprint density at radius 2 is 1.94 bits per heavy atom. The first-order valence-corrected chi connectivity index (χ1v) is 7.38. The number of halogens is 2. The van der Waals surface area contributed by atoms with Crippen molar-refractivity contribution in [3.05, 3.63) is 19.2 Å². The van der Waals surface area contributed by atoms with Crippen LogP contribution in [0.3, 0.4) is 0 Å². The van der Waals surface area contributed by atoms with Crippen molar-refractivity contribution in [2.75, 3.05) is 6.54 Å². The molecule has 6 heteroatoms. The molecule has 3 nitrogen and oxygen atoms in total. The van der Waals surface area contributed by atoms with Crippen LogP contribution < -0.4 is 5.32 Å². The molecular weight excluding hydrogens is 370 g/mol. The first-order valence-electron chi connectivity index (χ1n) is 4.98. The van der Waals surface area contributed by atoms with Crippen molar-refractivity contribution in [1.82, 2.24) is 5.32 Å². The first-order chi connectivity index (χ1) is 7.71. The first kappa shape index (κ1) is 14.9. The van der Waals surface area contributed by atoms with Gasteiger partial charge in [0, 0.05) is 9.89 Å². The summed E-state index contributed by atoms with van der Waals surface area (Å²) >= 11 is 7.96. The normalized spacial score (nSPS) is 11.4. The summed E-state index contributed by atoms with van der Waals surface area (Å²) in [5.74, 6) is -0.209. The van der Waals surface area contributed by atoms with Gasteiger partial charge in [-0.25, -0.2) is 0 Å². The Kier molecular flexibility index (Phi) is 4.92. The van der Waals surface area contributed by atoms with E-state index in [-0.39, 0.29) is 18.2 Å². The predicted molar refractivity (Wildman–Crippen MR) is 76.5 cm³/mol. The average molecular weight is 383 g/mol. The second-order valence-electron chi connectivity index (χ2n) is 4.59. The molecule has 0 saturated carbocycles. The summed E-state index contributed by atoms with van der Waals surface area (Å²) in [6.07, 6.45) is 0. The quantitative estimate of drug-likeness (QED) is 0.867. The molecule has 0 spiro atoms. The fourth-order valence-corrected chi connectivity index (χ4v) is 2.92. The minimum Gasteiger partial charge on any atom is -0.344 e. The van der Waals surface area contributed by atoms with E-state index in [1.807, 2.05) is 20.8 Å². The molecule has 0 atom stereocenters. The smallest absolute Gasteiger partial charge is 0.261 e.